The van der Waals surface area contributed by atoms with Crippen LogP contribution in [-0.2, 0) is 10.2 Å². The normalized spacial score (nSPS) is 11.3. The molecule has 2 rings (SSSR count). The van der Waals surface area contributed by atoms with E-state index in [9.17, 15) is 4.79 Å². The molecule has 0 saturated heterocycles. The molecule has 0 unspecified atom stereocenters. The monoisotopic (exact) mass is 260 g/mol. The van der Waals surface area contributed by atoms with Gasteiger partial charge in [0, 0.05) is 22.5 Å². The summed E-state index contributed by atoms with van der Waals surface area (Å²) in [5.74, 6) is -0.00412. The van der Waals surface area contributed by atoms with Gasteiger partial charge in [0.1, 0.15) is 0 Å². The van der Waals surface area contributed by atoms with Crippen molar-refractivity contribution < 1.29 is 4.79 Å². The number of thiophene rings is 1. The summed E-state index contributed by atoms with van der Waals surface area (Å²) >= 11 is 1.60. The lowest BCUT2D eigenvalue weighted by atomic mass is 9.90. The van der Waals surface area contributed by atoms with E-state index >= 15 is 0 Å². The van der Waals surface area contributed by atoms with E-state index in [4.69, 9.17) is 0 Å². The highest BCUT2D eigenvalue weighted by Gasteiger charge is 2.30. The van der Waals surface area contributed by atoms with Gasteiger partial charge in [-0.25, -0.2) is 0 Å². The Kier molecular flexibility index (Phi) is 3.48. The van der Waals surface area contributed by atoms with Gasteiger partial charge >= 0.3 is 0 Å². The third-order valence-electron chi connectivity index (χ3n) is 2.86. The topological polar surface area (TPSA) is 42.0 Å². The number of rotatable bonds is 3. The molecule has 0 aliphatic rings. The first kappa shape index (κ1) is 12.8. The quantitative estimate of drug-likeness (QED) is 0.919. The van der Waals surface area contributed by atoms with E-state index in [1.165, 1.54) is 0 Å². The van der Waals surface area contributed by atoms with Crippen molar-refractivity contribution in [2.45, 2.75) is 26.2 Å². The number of anilines is 1. The predicted molar refractivity (Wildman–Crippen MR) is 74.9 cm³/mol. The second kappa shape index (κ2) is 4.90. The van der Waals surface area contributed by atoms with E-state index in [-0.39, 0.29) is 5.91 Å². The van der Waals surface area contributed by atoms with Crippen molar-refractivity contribution in [1.82, 2.24) is 4.98 Å². The summed E-state index contributed by atoms with van der Waals surface area (Å²) in [5.41, 5.74) is 1.16. The van der Waals surface area contributed by atoms with Gasteiger partial charge in [-0.3, -0.25) is 9.78 Å². The van der Waals surface area contributed by atoms with E-state index in [1.807, 2.05) is 44.4 Å². The second-order valence-corrected chi connectivity index (χ2v) is 5.69. The molecular weight excluding hydrogens is 244 g/mol. The highest BCUT2D eigenvalue weighted by molar-refractivity contribution is 7.10. The molecule has 0 saturated carbocycles. The molecule has 0 aromatic carbocycles. The third kappa shape index (κ3) is 2.59. The molecule has 0 atom stereocenters. The molecular formula is C14H16N2OS. The van der Waals surface area contributed by atoms with Crippen molar-refractivity contribution in [1.29, 1.82) is 0 Å². The smallest absolute Gasteiger partial charge is 0.235 e. The zero-order chi connectivity index (χ0) is 13.2. The maximum atomic E-state index is 12.3. The van der Waals surface area contributed by atoms with Crippen molar-refractivity contribution >= 4 is 22.9 Å². The highest BCUT2D eigenvalue weighted by atomic mass is 32.1. The first-order valence-electron chi connectivity index (χ1n) is 5.78. The lowest BCUT2D eigenvalue weighted by Crippen LogP contribution is -2.33. The van der Waals surface area contributed by atoms with E-state index in [0.717, 1.165) is 16.3 Å². The van der Waals surface area contributed by atoms with E-state index in [1.54, 1.807) is 23.6 Å². The van der Waals surface area contributed by atoms with Crippen LogP contribution in [0.15, 0.2) is 35.8 Å². The first-order chi connectivity index (χ1) is 8.50. The number of nitrogens with zero attached hydrogens (tertiary/aromatic N) is 1. The first-order valence-corrected chi connectivity index (χ1v) is 6.66. The summed E-state index contributed by atoms with van der Waals surface area (Å²) in [5, 5.41) is 4.93. The number of hydrogen-bond acceptors (Lipinski definition) is 3. The fraction of sp³-hybridized carbons (Fsp3) is 0.286. The van der Waals surface area contributed by atoms with Crippen LogP contribution in [0.2, 0.25) is 0 Å². The maximum Gasteiger partial charge on any atom is 0.235 e. The Morgan fingerprint density at radius 2 is 2.17 bits per heavy atom. The molecule has 0 radical (unpaired) electrons. The standard InChI is InChI=1S/C14H16N2OS/c1-10-9-11(6-7-15-10)16-13(17)14(2,3)12-5-4-8-18-12/h4-9H,1-3H3,(H,15,16,17). The van der Waals surface area contributed by atoms with Gasteiger partial charge in [0.25, 0.3) is 0 Å². The molecule has 0 bridgehead atoms. The zero-order valence-corrected chi connectivity index (χ0v) is 11.5. The largest absolute Gasteiger partial charge is 0.325 e. The minimum Gasteiger partial charge on any atom is -0.325 e. The minimum absolute atomic E-state index is 0.00412. The number of hydrogen-bond donors (Lipinski definition) is 1. The molecule has 2 aromatic heterocycles. The Hall–Kier alpha value is -1.68. The van der Waals surface area contributed by atoms with Gasteiger partial charge in [-0.15, -0.1) is 11.3 Å². The molecule has 2 aromatic rings. The van der Waals surface area contributed by atoms with E-state index in [2.05, 4.69) is 10.3 Å². The van der Waals surface area contributed by atoms with Crippen LogP contribution in [0.3, 0.4) is 0 Å². The molecule has 0 fully saturated rings. The minimum atomic E-state index is -0.522. The zero-order valence-electron chi connectivity index (χ0n) is 10.7. The van der Waals surface area contributed by atoms with Gasteiger partial charge in [-0.2, -0.15) is 0 Å². The van der Waals surface area contributed by atoms with Crippen molar-refractivity contribution in [3.05, 3.63) is 46.4 Å². The van der Waals surface area contributed by atoms with Crippen LogP contribution >= 0.6 is 11.3 Å². The third-order valence-corrected chi connectivity index (χ3v) is 4.05. The highest BCUT2D eigenvalue weighted by Crippen LogP contribution is 2.28. The number of nitrogens with one attached hydrogen (secondary N) is 1. The molecule has 0 aliphatic carbocycles. The molecule has 0 aliphatic heterocycles. The van der Waals surface area contributed by atoms with Crippen molar-refractivity contribution in [3.8, 4) is 0 Å². The summed E-state index contributed by atoms with van der Waals surface area (Å²) < 4.78 is 0. The average Bonchev–Trinajstić information content (AvgIpc) is 2.82. The molecule has 94 valence electrons. The lowest BCUT2D eigenvalue weighted by Gasteiger charge is -2.22. The Bertz CT molecular complexity index is 547. The van der Waals surface area contributed by atoms with Crippen molar-refractivity contribution in [3.63, 3.8) is 0 Å². The van der Waals surface area contributed by atoms with Gasteiger partial charge in [0.2, 0.25) is 5.91 Å². The fourth-order valence-corrected chi connectivity index (χ4v) is 2.50. The Labute approximate surface area is 111 Å². The summed E-state index contributed by atoms with van der Waals surface area (Å²) in [6.45, 7) is 5.77. The average molecular weight is 260 g/mol. The molecule has 2 heterocycles. The Morgan fingerprint density at radius 1 is 1.39 bits per heavy atom. The summed E-state index contributed by atoms with van der Waals surface area (Å²) in [4.78, 5) is 17.5. The van der Waals surface area contributed by atoms with Crippen molar-refractivity contribution in [2.75, 3.05) is 5.32 Å². The van der Waals surface area contributed by atoms with Crippen LogP contribution < -0.4 is 5.32 Å². The van der Waals surface area contributed by atoms with Crippen molar-refractivity contribution in [2.24, 2.45) is 0 Å². The Balaban J connectivity index is 2.17. The molecule has 1 amide bonds. The molecule has 1 N–H and O–H groups in total. The number of pyridine rings is 1. The molecule has 0 spiro atoms. The van der Waals surface area contributed by atoms with E-state index < -0.39 is 5.41 Å². The number of carbonyl (C=O) groups is 1. The summed E-state index contributed by atoms with van der Waals surface area (Å²) in [6.07, 6.45) is 1.70. The van der Waals surface area contributed by atoms with Gasteiger partial charge in [-0.05, 0) is 44.4 Å². The Morgan fingerprint density at radius 3 is 2.78 bits per heavy atom. The molecule has 4 heteroatoms. The van der Waals surface area contributed by atoms with E-state index in [0.29, 0.717) is 0 Å². The second-order valence-electron chi connectivity index (χ2n) is 4.74. The number of amides is 1. The molecule has 18 heavy (non-hydrogen) atoms. The van der Waals surface area contributed by atoms with Gasteiger partial charge in [0.15, 0.2) is 0 Å². The van der Waals surface area contributed by atoms with Crippen LogP contribution in [0, 0.1) is 6.92 Å². The van der Waals surface area contributed by atoms with Crippen LogP contribution in [0.5, 0.6) is 0 Å². The van der Waals surface area contributed by atoms with Gasteiger partial charge in [0.05, 0.1) is 5.41 Å². The molecule has 3 nitrogen and oxygen atoms in total. The van der Waals surface area contributed by atoms with Gasteiger partial charge in [-0.1, -0.05) is 6.07 Å². The summed E-state index contributed by atoms with van der Waals surface area (Å²) in [6, 6.07) is 7.62. The van der Waals surface area contributed by atoms with Crippen LogP contribution in [0.25, 0.3) is 0 Å². The van der Waals surface area contributed by atoms with Crippen LogP contribution in [-0.4, -0.2) is 10.9 Å². The van der Waals surface area contributed by atoms with Crippen LogP contribution in [0.4, 0.5) is 5.69 Å². The lowest BCUT2D eigenvalue weighted by molar-refractivity contribution is -0.120. The van der Waals surface area contributed by atoms with Crippen LogP contribution in [0.1, 0.15) is 24.4 Å². The number of carbonyl (C=O) groups excluding carboxylic acids is 1. The fourth-order valence-electron chi connectivity index (χ4n) is 1.66. The predicted octanol–water partition coefficient (Wildman–Crippen LogP) is 3.37. The number of aromatic nitrogens is 1. The summed E-state index contributed by atoms with van der Waals surface area (Å²) in [7, 11) is 0. The number of aryl methyl sites for hydroxylation is 1. The maximum absolute atomic E-state index is 12.3. The van der Waals surface area contributed by atoms with Gasteiger partial charge < -0.3 is 5.32 Å². The SMILES string of the molecule is Cc1cc(NC(=O)C(C)(C)c2cccs2)ccn1.